The molecule has 128 valence electrons. The van der Waals surface area contributed by atoms with Gasteiger partial charge in [0.05, 0.1) is 0 Å². The Morgan fingerprint density at radius 2 is 1.73 bits per heavy atom. The zero-order valence-corrected chi connectivity index (χ0v) is 14.8. The van der Waals surface area contributed by atoms with Gasteiger partial charge < -0.3 is 5.32 Å². The normalized spacial score (nSPS) is 10.8. The molecule has 0 saturated heterocycles. The van der Waals surface area contributed by atoms with E-state index in [1.165, 1.54) is 11.3 Å². The Balaban J connectivity index is 1.77. The molecule has 0 aliphatic rings. The number of nitrogens with zero attached hydrogens (tertiary/aromatic N) is 2. The van der Waals surface area contributed by atoms with Crippen LogP contribution in [0.5, 0.6) is 0 Å². The summed E-state index contributed by atoms with van der Waals surface area (Å²) in [7, 11) is 0. The van der Waals surface area contributed by atoms with Crippen molar-refractivity contribution in [2.75, 3.05) is 5.32 Å². The number of imidazole rings is 1. The molecule has 0 radical (unpaired) electrons. The first-order chi connectivity index (χ1) is 12.7. The van der Waals surface area contributed by atoms with Crippen molar-refractivity contribution in [2.24, 2.45) is 0 Å². The van der Waals surface area contributed by atoms with E-state index in [4.69, 9.17) is 0 Å². The number of para-hydroxylation sites is 1. The maximum Gasteiger partial charge on any atom is 0.267 e. The number of hydrogen-bond donors (Lipinski definition) is 1. The van der Waals surface area contributed by atoms with Crippen molar-refractivity contribution in [1.82, 2.24) is 9.38 Å². The molecular formula is C20H15N3O2S. The van der Waals surface area contributed by atoms with Gasteiger partial charge in [-0.3, -0.25) is 14.0 Å². The van der Waals surface area contributed by atoms with Gasteiger partial charge in [0, 0.05) is 16.9 Å². The quantitative estimate of drug-likeness (QED) is 0.547. The van der Waals surface area contributed by atoms with Crippen LogP contribution in [0.1, 0.15) is 25.9 Å². The predicted molar refractivity (Wildman–Crippen MR) is 103 cm³/mol. The van der Waals surface area contributed by atoms with Gasteiger partial charge >= 0.3 is 0 Å². The minimum Gasteiger partial charge on any atom is -0.321 e. The molecule has 5 nitrogen and oxygen atoms in total. The van der Waals surface area contributed by atoms with Crippen LogP contribution in [0.2, 0.25) is 0 Å². The molecule has 0 unspecified atom stereocenters. The van der Waals surface area contributed by atoms with Gasteiger partial charge in [0.2, 0.25) is 0 Å². The minimum atomic E-state index is -0.206. The van der Waals surface area contributed by atoms with Gasteiger partial charge in [-0.1, -0.05) is 59.9 Å². The lowest BCUT2D eigenvalue weighted by atomic mass is 10.1. The number of aryl methyl sites for hydroxylation is 1. The molecule has 0 bridgehead atoms. The van der Waals surface area contributed by atoms with E-state index in [-0.39, 0.29) is 5.91 Å². The molecule has 0 atom stereocenters. The fraction of sp³-hybridized carbons (Fsp3) is 0.0500. The first-order valence-electron chi connectivity index (χ1n) is 8.08. The van der Waals surface area contributed by atoms with Gasteiger partial charge in [-0.2, -0.15) is 0 Å². The molecule has 2 aromatic heterocycles. The van der Waals surface area contributed by atoms with Crippen molar-refractivity contribution >= 4 is 34.2 Å². The van der Waals surface area contributed by atoms with Crippen molar-refractivity contribution in [3.05, 3.63) is 76.9 Å². The molecule has 0 aliphatic heterocycles. The highest BCUT2D eigenvalue weighted by Crippen LogP contribution is 2.30. The minimum absolute atomic E-state index is 0.206. The Labute approximate surface area is 153 Å². The number of carbonyl (C=O) groups excluding carboxylic acids is 2. The predicted octanol–water partition coefficient (Wildman–Crippen LogP) is 4.44. The highest BCUT2D eigenvalue weighted by atomic mass is 32.1. The number of amides is 1. The first kappa shape index (κ1) is 16.2. The van der Waals surface area contributed by atoms with Gasteiger partial charge in [0.15, 0.2) is 11.2 Å². The molecule has 2 aromatic carbocycles. The highest BCUT2D eigenvalue weighted by Gasteiger charge is 2.22. The maximum absolute atomic E-state index is 12.6. The molecule has 0 aliphatic carbocycles. The second-order valence-electron chi connectivity index (χ2n) is 5.78. The summed E-state index contributed by atoms with van der Waals surface area (Å²) < 4.78 is 1.75. The number of nitrogens with one attached hydrogen (secondary N) is 1. The van der Waals surface area contributed by atoms with E-state index in [1.807, 2.05) is 67.6 Å². The largest absolute Gasteiger partial charge is 0.321 e. The van der Waals surface area contributed by atoms with Crippen LogP contribution in [0.15, 0.2) is 60.7 Å². The van der Waals surface area contributed by atoms with Crippen molar-refractivity contribution in [2.45, 2.75) is 6.92 Å². The number of aromatic nitrogens is 2. The van der Waals surface area contributed by atoms with Crippen molar-refractivity contribution in [3.8, 4) is 11.3 Å². The summed E-state index contributed by atoms with van der Waals surface area (Å²) in [5.74, 6) is -0.206. The van der Waals surface area contributed by atoms with Crippen LogP contribution in [0, 0.1) is 6.92 Å². The smallest absolute Gasteiger partial charge is 0.267 e. The fourth-order valence-electron chi connectivity index (χ4n) is 2.91. The summed E-state index contributed by atoms with van der Waals surface area (Å²) >= 11 is 1.28. The molecule has 4 aromatic rings. The third kappa shape index (κ3) is 2.70. The number of hydrogen-bond acceptors (Lipinski definition) is 4. The van der Waals surface area contributed by atoms with Crippen molar-refractivity contribution in [3.63, 3.8) is 0 Å². The lowest BCUT2D eigenvalue weighted by Crippen LogP contribution is -2.12. The average Bonchev–Trinajstić information content (AvgIpc) is 3.20. The molecule has 4 rings (SSSR count). The summed E-state index contributed by atoms with van der Waals surface area (Å²) in [5.41, 5.74) is 3.39. The van der Waals surface area contributed by atoms with E-state index in [9.17, 15) is 9.59 Å². The highest BCUT2D eigenvalue weighted by molar-refractivity contribution is 7.19. The Morgan fingerprint density at radius 1 is 1.08 bits per heavy atom. The van der Waals surface area contributed by atoms with Crippen LogP contribution in [-0.4, -0.2) is 21.6 Å². The monoisotopic (exact) mass is 361 g/mol. The Hall–Kier alpha value is -3.25. The van der Waals surface area contributed by atoms with E-state index >= 15 is 0 Å². The van der Waals surface area contributed by atoms with Crippen LogP contribution in [-0.2, 0) is 0 Å². The van der Waals surface area contributed by atoms with E-state index in [0.29, 0.717) is 26.9 Å². The number of thiazole rings is 1. The Kier molecular flexibility index (Phi) is 4.10. The summed E-state index contributed by atoms with van der Waals surface area (Å²) in [4.78, 5) is 30.1. The molecule has 0 spiro atoms. The summed E-state index contributed by atoms with van der Waals surface area (Å²) in [5, 5.41) is 2.88. The van der Waals surface area contributed by atoms with Crippen LogP contribution in [0.3, 0.4) is 0 Å². The molecule has 1 N–H and O–H groups in total. The number of benzene rings is 2. The van der Waals surface area contributed by atoms with E-state index in [1.54, 1.807) is 4.40 Å². The topological polar surface area (TPSA) is 63.5 Å². The second kappa shape index (κ2) is 6.57. The number of fused-ring (bicyclic) bond motifs is 1. The molecule has 0 fully saturated rings. The standard InChI is InChI=1S/C20H15N3O2S/c1-13-18(19(25)21-15-10-6-3-7-11-15)26-20-22-17(16(12-24)23(13)20)14-8-4-2-5-9-14/h2-12H,1H3,(H,21,25). The summed E-state index contributed by atoms with van der Waals surface area (Å²) in [6, 6.07) is 18.8. The third-order valence-electron chi connectivity index (χ3n) is 4.14. The lowest BCUT2D eigenvalue weighted by molar-refractivity contribution is 0.102. The molecular weight excluding hydrogens is 346 g/mol. The third-order valence-corrected chi connectivity index (χ3v) is 5.28. The average molecular weight is 361 g/mol. The molecule has 2 heterocycles. The van der Waals surface area contributed by atoms with Crippen LogP contribution in [0.4, 0.5) is 5.69 Å². The second-order valence-corrected chi connectivity index (χ2v) is 6.76. The SMILES string of the molecule is Cc1c(C(=O)Nc2ccccc2)sc2nc(-c3ccccc3)c(C=O)n12. The van der Waals surface area contributed by atoms with Crippen molar-refractivity contribution in [1.29, 1.82) is 0 Å². The van der Waals surface area contributed by atoms with E-state index in [2.05, 4.69) is 10.3 Å². The number of aldehydes is 1. The van der Waals surface area contributed by atoms with Gasteiger partial charge in [0.25, 0.3) is 5.91 Å². The maximum atomic E-state index is 12.6. The number of anilines is 1. The van der Waals surface area contributed by atoms with E-state index in [0.717, 1.165) is 17.5 Å². The van der Waals surface area contributed by atoms with Gasteiger partial charge in [-0.25, -0.2) is 4.98 Å². The number of carbonyl (C=O) groups is 2. The lowest BCUT2D eigenvalue weighted by Gasteiger charge is -2.04. The molecule has 6 heteroatoms. The van der Waals surface area contributed by atoms with Crippen molar-refractivity contribution < 1.29 is 9.59 Å². The van der Waals surface area contributed by atoms with Gasteiger partial charge in [0.1, 0.15) is 16.3 Å². The molecule has 26 heavy (non-hydrogen) atoms. The molecule has 0 saturated carbocycles. The first-order valence-corrected chi connectivity index (χ1v) is 8.89. The molecule has 1 amide bonds. The Bertz CT molecular complexity index is 1100. The van der Waals surface area contributed by atoms with Gasteiger partial charge in [-0.05, 0) is 19.1 Å². The summed E-state index contributed by atoms with van der Waals surface area (Å²) in [6.07, 6.45) is 0.793. The zero-order valence-electron chi connectivity index (χ0n) is 14.0. The fourth-order valence-corrected chi connectivity index (χ4v) is 3.94. The van der Waals surface area contributed by atoms with Crippen LogP contribution in [0.25, 0.3) is 16.2 Å². The van der Waals surface area contributed by atoms with Crippen LogP contribution < -0.4 is 5.32 Å². The van der Waals surface area contributed by atoms with E-state index < -0.39 is 0 Å². The zero-order chi connectivity index (χ0) is 18.1. The van der Waals surface area contributed by atoms with Gasteiger partial charge in [-0.15, -0.1) is 0 Å². The summed E-state index contributed by atoms with van der Waals surface area (Å²) in [6.45, 7) is 1.83. The van der Waals surface area contributed by atoms with Crippen LogP contribution >= 0.6 is 11.3 Å². The number of rotatable bonds is 4. The Morgan fingerprint density at radius 3 is 2.38 bits per heavy atom.